The highest BCUT2D eigenvalue weighted by atomic mass is 32.2. The number of hydrazine groups is 1. The van der Waals surface area contributed by atoms with E-state index in [1.54, 1.807) is 5.43 Å². The molecule has 12 heteroatoms. The van der Waals surface area contributed by atoms with Gasteiger partial charge in [0.1, 0.15) is 11.6 Å². The Kier molecular flexibility index (Phi) is 6.80. The Bertz CT molecular complexity index is 1030. The van der Waals surface area contributed by atoms with Crippen molar-refractivity contribution in [2.75, 3.05) is 10.6 Å². The molecular weight excluding hydrogens is 418 g/mol. The zero-order chi connectivity index (χ0) is 21.8. The molecule has 0 spiro atoms. The number of halogens is 4. The van der Waals surface area contributed by atoms with E-state index in [9.17, 15) is 35.6 Å². The molecule has 0 bridgehead atoms. The van der Waals surface area contributed by atoms with Crippen LogP contribution in [0.5, 0.6) is 0 Å². The first-order valence-electron chi connectivity index (χ1n) is 7.89. The minimum absolute atomic E-state index is 0.174. The number of amides is 2. The van der Waals surface area contributed by atoms with Gasteiger partial charge in [-0.15, -0.1) is 0 Å². The molecule has 0 radical (unpaired) electrons. The van der Waals surface area contributed by atoms with Gasteiger partial charge >= 0.3 is 12.3 Å². The van der Waals surface area contributed by atoms with E-state index in [0.717, 1.165) is 30.5 Å². The Morgan fingerprint density at radius 3 is 2.24 bits per heavy atom. The zero-order valence-electron chi connectivity index (χ0n) is 14.8. The molecule has 2 N–H and O–H groups in total. The standard InChI is InChI=1S/C17H15F4N3O4S/c1-29(27,28)24(14-5-3-2-4-12(14)18)9-11-7-6-10(8-13(11)19)16(25)22-23-17(26)15(20)21/h2-8,15H,9H2,1H3,(H,22,25)(H,23,26). The topological polar surface area (TPSA) is 95.6 Å². The number of para-hydroxylation sites is 1. The van der Waals surface area contributed by atoms with Crippen molar-refractivity contribution < 1.29 is 35.6 Å². The second kappa shape index (κ2) is 8.90. The minimum Gasteiger partial charge on any atom is -0.267 e. The number of nitrogens with one attached hydrogen (secondary N) is 2. The summed E-state index contributed by atoms with van der Waals surface area (Å²) >= 11 is 0. The number of alkyl halides is 2. The number of rotatable bonds is 6. The summed E-state index contributed by atoms with van der Waals surface area (Å²) in [7, 11) is -3.98. The molecule has 0 saturated carbocycles. The van der Waals surface area contributed by atoms with E-state index >= 15 is 0 Å². The molecule has 0 saturated heterocycles. The number of anilines is 1. The van der Waals surface area contributed by atoms with Crippen molar-refractivity contribution in [3.05, 3.63) is 65.2 Å². The van der Waals surface area contributed by atoms with Crippen molar-refractivity contribution in [2.24, 2.45) is 0 Å². The molecule has 7 nitrogen and oxygen atoms in total. The molecule has 29 heavy (non-hydrogen) atoms. The van der Waals surface area contributed by atoms with Gasteiger partial charge in [0.15, 0.2) is 0 Å². The van der Waals surface area contributed by atoms with Crippen LogP contribution in [0, 0.1) is 11.6 Å². The summed E-state index contributed by atoms with van der Waals surface area (Å²) in [5.74, 6) is -4.64. The average Bonchev–Trinajstić information content (AvgIpc) is 2.64. The SMILES string of the molecule is CS(=O)(=O)N(Cc1ccc(C(=O)NNC(=O)C(F)F)cc1F)c1ccccc1F. The zero-order valence-corrected chi connectivity index (χ0v) is 15.6. The molecule has 0 aliphatic carbocycles. The van der Waals surface area contributed by atoms with Crippen molar-refractivity contribution >= 4 is 27.5 Å². The maximum absolute atomic E-state index is 14.4. The summed E-state index contributed by atoms with van der Waals surface area (Å²) in [5, 5.41) is 0. The van der Waals surface area contributed by atoms with Crippen LogP contribution in [0.1, 0.15) is 15.9 Å². The molecule has 2 aromatic carbocycles. The quantitative estimate of drug-likeness (QED) is 0.538. The lowest BCUT2D eigenvalue weighted by Gasteiger charge is -2.23. The first-order chi connectivity index (χ1) is 13.5. The fourth-order valence-electron chi connectivity index (χ4n) is 2.25. The van der Waals surface area contributed by atoms with Crippen LogP contribution in [0.2, 0.25) is 0 Å². The normalized spacial score (nSPS) is 11.2. The van der Waals surface area contributed by atoms with Crippen LogP contribution >= 0.6 is 0 Å². The fraction of sp³-hybridized carbons (Fsp3) is 0.176. The van der Waals surface area contributed by atoms with Gasteiger partial charge in [-0.05, 0) is 24.3 Å². The summed E-state index contributed by atoms with van der Waals surface area (Å²) in [4.78, 5) is 22.5. The van der Waals surface area contributed by atoms with Gasteiger partial charge < -0.3 is 0 Å². The second-order valence-corrected chi connectivity index (χ2v) is 7.68. The molecule has 0 heterocycles. The van der Waals surface area contributed by atoms with Gasteiger partial charge in [0.2, 0.25) is 10.0 Å². The Balaban J connectivity index is 2.24. The highest BCUT2D eigenvalue weighted by molar-refractivity contribution is 7.92. The van der Waals surface area contributed by atoms with Crippen LogP contribution in [0.15, 0.2) is 42.5 Å². The van der Waals surface area contributed by atoms with E-state index in [1.807, 2.05) is 0 Å². The number of carbonyl (C=O) groups excluding carboxylic acids is 2. The van der Waals surface area contributed by atoms with Gasteiger partial charge in [-0.1, -0.05) is 18.2 Å². The predicted octanol–water partition coefficient (Wildman–Crippen LogP) is 1.96. The number of sulfonamides is 1. The maximum Gasteiger partial charge on any atom is 0.317 e. The summed E-state index contributed by atoms with van der Waals surface area (Å²) in [6, 6.07) is 7.92. The summed E-state index contributed by atoms with van der Waals surface area (Å²) < 4.78 is 77.3. The van der Waals surface area contributed by atoms with Crippen LogP contribution in [0.3, 0.4) is 0 Å². The van der Waals surface area contributed by atoms with Crippen LogP contribution in [-0.2, 0) is 21.4 Å². The van der Waals surface area contributed by atoms with E-state index in [1.165, 1.54) is 23.6 Å². The first-order valence-corrected chi connectivity index (χ1v) is 9.74. The van der Waals surface area contributed by atoms with Crippen molar-refractivity contribution in [2.45, 2.75) is 13.0 Å². The lowest BCUT2D eigenvalue weighted by atomic mass is 10.1. The van der Waals surface area contributed by atoms with Crippen molar-refractivity contribution in [1.29, 1.82) is 0 Å². The van der Waals surface area contributed by atoms with E-state index in [4.69, 9.17) is 0 Å². The predicted molar refractivity (Wildman–Crippen MR) is 95.4 cm³/mol. The van der Waals surface area contributed by atoms with E-state index in [-0.39, 0.29) is 16.8 Å². The summed E-state index contributed by atoms with van der Waals surface area (Å²) in [6.45, 7) is -0.560. The third kappa shape index (κ3) is 5.67. The smallest absolute Gasteiger partial charge is 0.267 e. The van der Waals surface area contributed by atoms with Crippen LogP contribution in [0.4, 0.5) is 23.2 Å². The van der Waals surface area contributed by atoms with Crippen LogP contribution in [0.25, 0.3) is 0 Å². The Morgan fingerprint density at radius 2 is 1.69 bits per heavy atom. The monoisotopic (exact) mass is 433 g/mol. The van der Waals surface area contributed by atoms with Crippen LogP contribution < -0.4 is 15.2 Å². The molecule has 0 fully saturated rings. The molecule has 2 aromatic rings. The molecule has 156 valence electrons. The van der Waals surface area contributed by atoms with Gasteiger partial charge in [-0.3, -0.25) is 24.7 Å². The summed E-state index contributed by atoms with van der Waals surface area (Å²) in [6.07, 6.45) is -2.53. The Morgan fingerprint density at radius 1 is 1.03 bits per heavy atom. The molecule has 0 atom stereocenters. The third-order valence-corrected chi connectivity index (χ3v) is 4.77. The van der Waals surface area contributed by atoms with Crippen molar-refractivity contribution in [3.63, 3.8) is 0 Å². The molecule has 0 aliphatic rings. The Hall–Kier alpha value is -3.15. The van der Waals surface area contributed by atoms with Crippen LogP contribution in [-0.4, -0.2) is 32.9 Å². The maximum atomic E-state index is 14.4. The number of hydrogen-bond donors (Lipinski definition) is 2. The lowest BCUT2D eigenvalue weighted by molar-refractivity contribution is -0.132. The molecule has 2 rings (SSSR count). The minimum atomic E-state index is -3.98. The van der Waals surface area contributed by atoms with Gasteiger partial charge in [0.25, 0.3) is 5.91 Å². The Labute approximate surface area is 163 Å². The number of hydrogen-bond acceptors (Lipinski definition) is 4. The first kappa shape index (κ1) is 22.1. The largest absolute Gasteiger partial charge is 0.317 e. The average molecular weight is 433 g/mol. The van der Waals surface area contributed by atoms with Gasteiger partial charge in [-0.2, -0.15) is 8.78 Å². The molecule has 0 aromatic heterocycles. The van der Waals surface area contributed by atoms with E-state index in [0.29, 0.717) is 4.31 Å². The highest BCUT2D eigenvalue weighted by Crippen LogP contribution is 2.24. The molecule has 0 aliphatic heterocycles. The molecule has 0 unspecified atom stereocenters. The molecular formula is C17H15F4N3O4S. The van der Waals surface area contributed by atoms with Gasteiger partial charge in [0, 0.05) is 11.1 Å². The van der Waals surface area contributed by atoms with Gasteiger partial charge in [0.05, 0.1) is 18.5 Å². The molecule has 2 amide bonds. The van der Waals surface area contributed by atoms with Crippen molar-refractivity contribution in [3.8, 4) is 0 Å². The van der Waals surface area contributed by atoms with Crippen molar-refractivity contribution in [1.82, 2.24) is 10.9 Å². The highest BCUT2D eigenvalue weighted by Gasteiger charge is 2.23. The summed E-state index contributed by atoms with van der Waals surface area (Å²) in [5.41, 5.74) is 2.36. The lowest BCUT2D eigenvalue weighted by Crippen LogP contribution is -2.44. The number of carbonyl (C=O) groups is 2. The fourth-order valence-corrected chi connectivity index (χ4v) is 3.13. The van der Waals surface area contributed by atoms with Gasteiger partial charge in [-0.25, -0.2) is 17.2 Å². The second-order valence-electron chi connectivity index (χ2n) is 5.77. The number of benzene rings is 2. The van der Waals surface area contributed by atoms with E-state index < -0.39 is 46.4 Å². The number of nitrogens with zero attached hydrogens (tertiary/aromatic N) is 1. The van der Waals surface area contributed by atoms with E-state index in [2.05, 4.69) is 0 Å². The third-order valence-electron chi connectivity index (χ3n) is 3.65.